The van der Waals surface area contributed by atoms with E-state index in [1.807, 2.05) is 0 Å². The SMILES string of the molecule is O=C(NCC1CCCC1CO)C1CSCN1. The molecule has 1 saturated carbocycles. The number of carbonyl (C=O) groups excluding carboxylic acids is 1. The van der Waals surface area contributed by atoms with Crippen molar-refractivity contribution in [1.29, 1.82) is 0 Å². The van der Waals surface area contributed by atoms with Crippen molar-refractivity contribution in [2.75, 3.05) is 24.8 Å². The zero-order chi connectivity index (χ0) is 11.4. The summed E-state index contributed by atoms with van der Waals surface area (Å²) in [6.07, 6.45) is 3.43. The molecule has 1 amide bonds. The zero-order valence-electron chi connectivity index (χ0n) is 9.45. The Bertz CT molecular complexity index is 244. The lowest BCUT2D eigenvalue weighted by atomic mass is 9.97. The summed E-state index contributed by atoms with van der Waals surface area (Å²) < 4.78 is 0. The van der Waals surface area contributed by atoms with Gasteiger partial charge in [-0.2, -0.15) is 0 Å². The summed E-state index contributed by atoms with van der Waals surface area (Å²) in [5.74, 6) is 2.74. The minimum absolute atomic E-state index is 0.0148. The van der Waals surface area contributed by atoms with Crippen LogP contribution in [0.2, 0.25) is 0 Å². The van der Waals surface area contributed by atoms with Crippen molar-refractivity contribution in [3.63, 3.8) is 0 Å². The van der Waals surface area contributed by atoms with Crippen LogP contribution in [-0.2, 0) is 4.79 Å². The first-order valence-corrected chi connectivity index (χ1v) is 7.16. The molecule has 0 aromatic carbocycles. The molecule has 3 atom stereocenters. The zero-order valence-corrected chi connectivity index (χ0v) is 10.3. The lowest BCUT2D eigenvalue weighted by Crippen LogP contribution is -2.44. The summed E-state index contributed by atoms with van der Waals surface area (Å²) in [4.78, 5) is 11.7. The number of thioether (sulfide) groups is 1. The molecule has 1 aliphatic heterocycles. The maximum Gasteiger partial charge on any atom is 0.238 e. The second kappa shape index (κ2) is 5.89. The van der Waals surface area contributed by atoms with Gasteiger partial charge in [-0.15, -0.1) is 11.8 Å². The molecule has 0 radical (unpaired) electrons. The van der Waals surface area contributed by atoms with Gasteiger partial charge in [-0.25, -0.2) is 0 Å². The third kappa shape index (κ3) is 2.90. The Morgan fingerprint density at radius 2 is 2.25 bits per heavy atom. The topological polar surface area (TPSA) is 61.4 Å². The van der Waals surface area contributed by atoms with Crippen molar-refractivity contribution in [1.82, 2.24) is 10.6 Å². The van der Waals surface area contributed by atoms with Crippen molar-refractivity contribution < 1.29 is 9.90 Å². The lowest BCUT2D eigenvalue weighted by molar-refractivity contribution is -0.122. The van der Waals surface area contributed by atoms with Gasteiger partial charge >= 0.3 is 0 Å². The first kappa shape index (κ1) is 12.2. The summed E-state index contributed by atoms with van der Waals surface area (Å²) in [7, 11) is 0. The maximum atomic E-state index is 11.7. The summed E-state index contributed by atoms with van der Waals surface area (Å²) >= 11 is 1.76. The highest BCUT2D eigenvalue weighted by Gasteiger charge is 2.28. The average molecular weight is 244 g/mol. The Kier molecular flexibility index (Phi) is 4.49. The number of aliphatic hydroxyl groups excluding tert-OH is 1. The number of amides is 1. The average Bonchev–Trinajstić information content (AvgIpc) is 2.96. The number of carbonyl (C=O) groups is 1. The van der Waals surface area contributed by atoms with Crippen LogP contribution >= 0.6 is 11.8 Å². The van der Waals surface area contributed by atoms with Crippen LogP contribution in [0.5, 0.6) is 0 Å². The van der Waals surface area contributed by atoms with E-state index in [9.17, 15) is 9.90 Å². The number of aliphatic hydroxyl groups is 1. The molecule has 3 N–H and O–H groups in total. The molecule has 92 valence electrons. The van der Waals surface area contributed by atoms with Gasteiger partial charge in [0, 0.05) is 24.8 Å². The quantitative estimate of drug-likeness (QED) is 0.660. The summed E-state index contributed by atoms with van der Waals surface area (Å²) in [6.45, 7) is 0.991. The molecular weight excluding hydrogens is 224 g/mol. The van der Waals surface area contributed by atoms with Gasteiger partial charge < -0.3 is 10.4 Å². The highest BCUT2D eigenvalue weighted by Crippen LogP contribution is 2.30. The van der Waals surface area contributed by atoms with Crippen LogP contribution in [0.3, 0.4) is 0 Å². The predicted molar refractivity (Wildman–Crippen MR) is 65.2 cm³/mol. The normalized spacial score (nSPS) is 34.2. The molecule has 0 aromatic rings. The van der Waals surface area contributed by atoms with E-state index in [0.717, 1.165) is 31.0 Å². The minimum atomic E-state index is -0.0148. The summed E-state index contributed by atoms with van der Waals surface area (Å²) in [5.41, 5.74) is 0. The Labute approximate surface area is 101 Å². The second-order valence-electron chi connectivity index (χ2n) is 4.65. The molecule has 1 aliphatic carbocycles. The molecule has 1 saturated heterocycles. The van der Waals surface area contributed by atoms with Crippen LogP contribution in [0, 0.1) is 11.8 Å². The van der Waals surface area contributed by atoms with Gasteiger partial charge in [-0.05, 0) is 24.7 Å². The van der Waals surface area contributed by atoms with E-state index in [0.29, 0.717) is 11.8 Å². The Morgan fingerprint density at radius 1 is 1.44 bits per heavy atom. The highest BCUT2D eigenvalue weighted by molar-refractivity contribution is 7.99. The van der Waals surface area contributed by atoms with Crippen LogP contribution in [0.1, 0.15) is 19.3 Å². The van der Waals surface area contributed by atoms with Gasteiger partial charge in [0.2, 0.25) is 5.91 Å². The third-order valence-corrected chi connectivity index (χ3v) is 4.56. The smallest absolute Gasteiger partial charge is 0.238 e. The first-order valence-electron chi connectivity index (χ1n) is 6.01. The van der Waals surface area contributed by atoms with E-state index in [1.54, 1.807) is 11.8 Å². The number of nitrogens with one attached hydrogen (secondary N) is 2. The van der Waals surface area contributed by atoms with E-state index in [4.69, 9.17) is 0 Å². The van der Waals surface area contributed by atoms with Crippen LogP contribution in [0.4, 0.5) is 0 Å². The van der Waals surface area contributed by atoms with E-state index in [-0.39, 0.29) is 18.6 Å². The van der Waals surface area contributed by atoms with Crippen LogP contribution in [0.25, 0.3) is 0 Å². The third-order valence-electron chi connectivity index (χ3n) is 3.62. The number of hydrogen-bond acceptors (Lipinski definition) is 4. The fraction of sp³-hybridized carbons (Fsp3) is 0.909. The minimum Gasteiger partial charge on any atom is -0.396 e. The Hall–Kier alpha value is -0.260. The molecule has 16 heavy (non-hydrogen) atoms. The van der Waals surface area contributed by atoms with Crippen LogP contribution in [-0.4, -0.2) is 41.8 Å². The van der Waals surface area contributed by atoms with Gasteiger partial charge in [-0.1, -0.05) is 6.42 Å². The molecule has 0 spiro atoms. The molecule has 0 bridgehead atoms. The molecule has 1 heterocycles. The van der Waals surface area contributed by atoms with Gasteiger partial charge in [0.25, 0.3) is 0 Å². The van der Waals surface area contributed by atoms with E-state index < -0.39 is 0 Å². The fourth-order valence-corrected chi connectivity index (χ4v) is 3.48. The van der Waals surface area contributed by atoms with Crippen molar-refractivity contribution in [3.8, 4) is 0 Å². The molecular formula is C11H20N2O2S. The van der Waals surface area contributed by atoms with Gasteiger partial charge in [0.1, 0.15) is 0 Å². The second-order valence-corrected chi connectivity index (χ2v) is 5.68. The molecule has 5 heteroatoms. The molecule has 2 aliphatic rings. The maximum absolute atomic E-state index is 11.7. The number of rotatable bonds is 4. The van der Waals surface area contributed by atoms with Crippen LogP contribution in [0.15, 0.2) is 0 Å². The molecule has 0 aromatic heterocycles. The van der Waals surface area contributed by atoms with Crippen molar-refractivity contribution in [3.05, 3.63) is 0 Å². The van der Waals surface area contributed by atoms with E-state index in [2.05, 4.69) is 10.6 Å². The summed E-state index contributed by atoms with van der Waals surface area (Å²) in [6, 6.07) is -0.0148. The Morgan fingerprint density at radius 3 is 2.94 bits per heavy atom. The largest absolute Gasteiger partial charge is 0.396 e. The van der Waals surface area contributed by atoms with Gasteiger partial charge in [0.05, 0.1) is 6.04 Å². The molecule has 2 rings (SSSR count). The number of hydrogen-bond donors (Lipinski definition) is 3. The lowest BCUT2D eigenvalue weighted by Gasteiger charge is -2.19. The standard InChI is InChI=1S/C11H20N2O2S/c14-5-9-3-1-2-8(9)4-12-11(15)10-6-16-7-13-10/h8-10,13-14H,1-7H2,(H,12,15). The highest BCUT2D eigenvalue weighted by atomic mass is 32.2. The van der Waals surface area contributed by atoms with Crippen LogP contribution < -0.4 is 10.6 Å². The Balaban J connectivity index is 1.71. The predicted octanol–water partition coefficient (Wildman–Crippen LogP) is 0.174. The van der Waals surface area contributed by atoms with Crippen molar-refractivity contribution >= 4 is 17.7 Å². The van der Waals surface area contributed by atoms with Gasteiger partial charge in [-0.3, -0.25) is 10.1 Å². The van der Waals surface area contributed by atoms with Gasteiger partial charge in [0.15, 0.2) is 0 Å². The molecule has 3 unspecified atom stereocenters. The van der Waals surface area contributed by atoms with Crippen molar-refractivity contribution in [2.45, 2.75) is 25.3 Å². The monoisotopic (exact) mass is 244 g/mol. The van der Waals surface area contributed by atoms with Crippen molar-refractivity contribution in [2.24, 2.45) is 11.8 Å². The molecule has 2 fully saturated rings. The summed E-state index contributed by atoms with van der Waals surface area (Å²) in [5, 5.41) is 15.3. The van der Waals surface area contributed by atoms with E-state index in [1.165, 1.54) is 6.42 Å². The molecule has 4 nitrogen and oxygen atoms in total. The first-order chi connectivity index (χ1) is 7.81. The fourth-order valence-electron chi connectivity index (χ4n) is 2.54. The van der Waals surface area contributed by atoms with E-state index >= 15 is 0 Å².